The van der Waals surface area contributed by atoms with E-state index in [2.05, 4.69) is 15.6 Å². The number of aliphatic hydroxyl groups is 1. The van der Waals surface area contributed by atoms with Gasteiger partial charge in [0.15, 0.2) is 0 Å². The number of nitrogens with one attached hydrogen (secondary N) is 2. The number of hydrogen-bond donors (Lipinski definition) is 4. The van der Waals surface area contributed by atoms with Gasteiger partial charge in [0.1, 0.15) is 6.17 Å². The maximum Gasteiger partial charge on any atom is 0.260 e. The maximum absolute atomic E-state index is 14.1. The topological polar surface area (TPSA) is 138 Å². The molecule has 0 radical (unpaired) electrons. The number of carbonyl (C=O) groups excluding carboxylic acids is 3. The van der Waals surface area contributed by atoms with Crippen molar-refractivity contribution in [1.29, 1.82) is 0 Å². The van der Waals surface area contributed by atoms with E-state index in [0.717, 1.165) is 27.3 Å². The maximum atomic E-state index is 14.1. The van der Waals surface area contributed by atoms with E-state index in [-0.39, 0.29) is 42.8 Å². The normalized spacial score (nSPS) is 13.1. The first-order valence-electron chi connectivity index (χ1n) is 14.9. The number of halogens is 1. The van der Waals surface area contributed by atoms with E-state index in [4.69, 9.17) is 10.8 Å². The number of para-hydroxylation sites is 1. The molecule has 1 aromatic heterocycles. The number of hydrogen-bond acceptors (Lipinski definition) is 7. The van der Waals surface area contributed by atoms with Gasteiger partial charge in [0.2, 0.25) is 5.91 Å². The number of fused-ring (bicyclic) bond motifs is 3. The lowest BCUT2D eigenvalue weighted by molar-refractivity contribution is -0.120. The summed E-state index contributed by atoms with van der Waals surface area (Å²) >= 11 is 1.48. The van der Waals surface area contributed by atoms with Crippen molar-refractivity contribution in [3.05, 3.63) is 125 Å². The zero-order chi connectivity index (χ0) is 32.6. The summed E-state index contributed by atoms with van der Waals surface area (Å²) in [4.78, 5) is 46.9. The summed E-state index contributed by atoms with van der Waals surface area (Å²) in [5.74, 6) is -0.914. The van der Waals surface area contributed by atoms with Crippen LogP contribution >= 0.6 is 23.7 Å². The molecule has 2 heterocycles. The monoisotopic (exact) mass is 669 g/mol. The lowest BCUT2D eigenvalue weighted by Crippen LogP contribution is -2.53. The molecule has 3 amide bonds. The summed E-state index contributed by atoms with van der Waals surface area (Å²) in [6, 6.07) is 31.4. The Hall–Kier alpha value is -4.87. The van der Waals surface area contributed by atoms with Crippen molar-refractivity contribution in [1.82, 2.24) is 10.3 Å². The molecule has 0 fully saturated rings. The van der Waals surface area contributed by atoms with Gasteiger partial charge in [0, 0.05) is 39.8 Å². The Labute approximate surface area is 283 Å². The van der Waals surface area contributed by atoms with Crippen LogP contribution in [0.4, 0.5) is 11.4 Å². The van der Waals surface area contributed by atoms with Gasteiger partial charge in [0.05, 0.1) is 23.4 Å². The van der Waals surface area contributed by atoms with Crippen molar-refractivity contribution in [3.63, 3.8) is 0 Å². The number of nitrogens with zero attached hydrogens (tertiary/aromatic N) is 2. The highest BCUT2D eigenvalue weighted by Gasteiger charge is 2.34. The molecule has 9 nitrogen and oxygen atoms in total. The molecule has 47 heavy (non-hydrogen) atoms. The number of anilines is 2. The van der Waals surface area contributed by atoms with E-state index in [1.165, 1.54) is 11.3 Å². The number of thiazole rings is 1. The van der Waals surface area contributed by atoms with Crippen LogP contribution in [0.15, 0.2) is 109 Å². The number of carbonyl (C=O) groups is 3. The Morgan fingerprint density at radius 3 is 2.21 bits per heavy atom. The predicted molar refractivity (Wildman–Crippen MR) is 190 cm³/mol. The van der Waals surface area contributed by atoms with Crippen molar-refractivity contribution < 1.29 is 19.5 Å². The van der Waals surface area contributed by atoms with Gasteiger partial charge < -0.3 is 21.5 Å². The van der Waals surface area contributed by atoms with Crippen molar-refractivity contribution in [2.45, 2.75) is 32.5 Å². The second-order valence-corrected chi connectivity index (χ2v) is 11.8. The minimum Gasteiger partial charge on any atom is -0.394 e. The summed E-state index contributed by atoms with van der Waals surface area (Å²) < 4.78 is 0. The van der Waals surface area contributed by atoms with E-state index in [0.29, 0.717) is 28.9 Å². The number of amides is 3. The molecular weight excluding hydrogens is 634 g/mol. The molecule has 1 atom stereocenters. The summed E-state index contributed by atoms with van der Waals surface area (Å²) in [6.07, 6.45) is -0.438. The fourth-order valence-corrected chi connectivity index (χ4v) is 5.96. The molecule has 0 aliphatic carbocycles. The van der Waals surface area contributed by atoms with Crippen molar-refractivity contribution >= 4 is 52.8 Å². The fraction of sp³-hybridized carbons (Fsp3) is 0.167. The van der Waals surface area contributed by atoms with Gasteiger partial charge in [-0.1, -0.05) is 66.7 Å². The van der Waals surface area contributed by atoms with Gasteiger partial charge in [-0.2, -0.15) is 0 Å². The first-order chi connectivity index (χ1) is 22.3. The summed E-state index contributed by atoms with van der Waals surface area (Å²) in [5, 5.41) is 13.9. The zero-order valence-corrected chi connectivity index (χ0v) is 27.6. The lowest BCUT2D eigenvalue weighted by Gasteiger charge is -2.32. The fourth-order valence-electron chi connectivity index (χ4n) is 5.15. The second-order valence-electron chi connectivity index (χ2n) is 10.8. The number of rotatable bonds is 6. The van der Waals surface area contributed by atoms with Gasteiger partial charge in [0.25, 0.3) is 11.8 Å². The number of nitrogens with two attached hydrogens (primary N) is 1. The van der Waals surface area contributed by atoms with Crippen molar-refractivity contribution in [3.8, 4) is 22.4 Å². The molecule has 242 valence electrons. The van der Waals surface area contributed by atoms with Crippen LogP contribution in [0.2, 0.25) is 0 Å². The number of aromatic nitrogens is 1. The highest BCUT2D eigenvalue weighted by molar-refractivity contribution is 7.10. The molecule has 5 N–H and O–H groups in total. The highest BCUT2D eigenvalue weighted by atomic mass is 35.5. The van der Waals surface area contributed by atoms with Crippen LogP contribution in [-0.2, 0) is 11.2 Å². The van der Waals surface area contributed by atoms with Crippen LogP contribution < -0.4 is 21.3 Å². The standard InChI is InChI=1S/C33H27N5O3S.C3H8O.ClH/c34-19-30(39)37-29-18-28-31(35-20-42-28)26-12-6-7-13-27(26)38(29)33(41)22-14-16-23(17-15-22)36-32(40)25-11-5-4-10-24(25)21-8-2-1-3-9-21;1-3(2)4;/h1-17,20,29H,18-19,34H2,(H,36,40)(H,37,39);3-4H,1-2H3;1H. The average molecular weight is 670 g/mol. The molecule has 1 unspecified atom stereocenters. The summed E-state index contributed by atoms with van der Waals surface area (Å²) in [7, 11) is 0. The summed E-state index contributed by atoms with van der Waals surface area (Å²) in [5.41, 5.74) is 12.9. The number of aliphatic hydroxyl groups excluding tert-OH is 1. The predicted octanol–water partition coefficient (Wildman–Crippen LogP) is 6.14. The van der Waals surface area contributed by atoms with Crippen LogP contribution in [0.5, 0.6) is 0 Å². The molecule has 4 aromatic carbocycles. The smallest absolute Gasteiger partial charge is 0.260 e. The zero-order valence-electron chi connectivity index (χ0n) is 25.9. The van der Waals surface area contributed by atoms with Gasteiger partial charge in [-0.05, 0) is 61.4 Å². The first-order valence-corrected chi connectivity index (χ1v) is 15.7. The van der Waals surface area contributed by atoms with Gasteiger partial charge >= 0.3 is 0 Å². The second kappa shape index (κ2) is 16.1. The first kappa shape index (κ1) is 35.0. The van der Waals surface area contributed by atoms with E-state index in [1.807, 2.05) is 72.8 Å². The molecule has 0 spiro atoms. The Morgan fingerprint density at radius 1 is 0.915 bits per heavy atom. The van der Waals surface area contributed by atoms with Crippen LogP contribution in [0.25, 0.3) is 22.4 Å². The Morgan fingerprint density at radius 2 is 1.53 bits per heavy atom. The van der Waals surface area contributed by atoms with Gasteiger partial charge in [-0.25, -0.2) is 4.98 Å². The third-order valence-corrected chi connectivity index (χ3v) is 7.98. The Bertz CT molecular complexity index is 1830. The molecule has 0 bridgehead atoms. The van der Waals surface area contributed by atoms with Crippen molar-refractivity contribution in [2.75, 3.05) is 16.8 Å². The van der Waals surface area contributed by atoms with Gasteiger partial charge in [-0.3, -0.25) is 19.3 Å². The van der Waals surface area contributed by atoms with Crippen LogP contribution in [0, 0.1) is 0 Å². The van der Waals surface area contributed by atoms with Crippen LogP contribution in [0.1, 0.15) is 39.4 Å². The third-order valence-electron chi connectivity index (χ3n) is 7.13. The highest BCUT2D eigenvalue weighted by Crippen LogP contribution is 2.39. The minimum atomic E-state index is -0.662. The van der Waals surface area contributed by atoms with E-state index >= 15 is 0 Å². The summed E-state index contributed by atoms with van der Waals surface area (Å²) in [6.45, 7) is 3.25. The lowest BCUT2D eigenvalue weighted by atomic mass is 9.99. The van der Waals surface area contributed by atoms with E-state index < -0.39 is 6.17 Å². The van der Waals surface area contributed by atoms with Crippen molar-refractivity contribution in [2.24, 2.45) is 5.73 Å². The SMILES string of the molecule is CC(C)O.Cl.NCC(=O)NC1Cc2scnc2-c2ccccc2N1C(=O)c1ccc(NC(=O)c2ccccc2-c2ccccc2)cc1. The quantitative estimate of drug-likeness (QED) is 0.171. The third kappa shape index (κ3) is 8.30. The molecule has 0 saturated heterocycles. The Kier molecular flexibility index (Phi) is 12.0. The van der Waals surface area contributed by atoms with Crippen LogP contribution in [-0.4, -0.2) is 46.6 Å². The van der Waals surface area contributed by atoms with E-state index in [9.17, 15) is 14.4 Å². The molecular formula is C36H36ClN5O4S. The Balaban J connectivity index is 0.000000947. The molecule has 6 rings (SSSR count). The molecule has 0 saturated carbocycles. The largest absolute Gasteiger partial charge is 0.394 e. The van der Waals surface area contributed by atoms with Gasteiger partial charge in [-0.15, -0.1) is 23.7 Å². The molecule has 11 heteroatoms. The molecule has 5 aromatic rings. The number of benzene rings is 4. The average Bonchev–Trinajstić information content (AvgIpc) is 3.48. The molecule has 1 aliphatic rings. The van der Waals surface area contributed by atoms with Crippen LogP contribution in [0.3, 0.4) is 0 Å². The molecule has 1 aliphatic heterocycles. The van der Waals surface area contributed by atoms with E-state index in [1.54, 1.807) is 54.6 Å². The minimum absolute atomic E-state index is 0.